The first-order valence-corrected chi connectivity index (χ1v) is 12.0. The van der Waals surface area contributed by atoms with Gasteiger partial charge < -0.3 is 4.57 Å². The predicted molar refractivity (Wildman–Crippen MR) is 119 cm³/mol. The highest BCUT2D eigenvalue weighted by Gasteiger charge is 2.20. The summed E-state index contributed by atoms with van der Waals surface area (Å²) >= 11 is 3.09. The summed E-state index contributed by atoms with van der Waals surface area (Å²) in [5.74, 6) is 1.53. The first-order valence-electron chi connectivity index (χ1n) is 10.2. The Hall–Kier alpha value is -1.96. The summed E-state index contributed by atoms with van der Waals surface area (Å²) in [5.41, 5.74) is 1.22. The second-order valence-corrected chi connectivity index (χ2v) is 9.40. The van der Waals surface area contributed by atoms with Crippen LogP contribution in [0.3, 0.4) is 0 Å². The monoisotopic (exact) mass is 426 g/mol. The molecular weight excluding hydrogens is 400 g/mol. The Labute approximate surface area is 180 Å². The lowest BCUT2D eigenvalue weighted by molar-refractivity contribution is 0.102. The smallest absolute Gasteiger partial charge is 0.192 e. The van der Waals surface area contributed by atoms with Crippen molar-refractivity contribution in [3.8, 4) is 0 Å². The number of Topliss-reactive ketones (excluding diaryl/α,β-unsaturated/α-hetero) is 1. The number of carbonyl (C=O) groups excluding carboxylic acids is 1. The lowest BCUT2D eigenvalue weighted by atomic mass is 10.2. The van der Waals surface area contributed by atoms with Crippen LogP contribution in [-0.4, -0.2) is 44.3 Å². The Balaban J connectivity index is 1.50. The van der Waals surface area contributed by atoms with Gasteiger partial charge in [-0.15, -0.1) is 21.5 Å². The fourth-order valence-corrected chi connectivity index (χ4v) is 5.34. The topological polar surface area (TPSA) is 51.0 Å². The first-order chi connectivity index (χ1) is 14.2. The van der Waals surface area contributed by atoms with Crippen LogP contribution in [0.25, 0.3) is 0 Å². The third-order valence-electron chi connectivity index (χ3n) is 5.16. The molecule has 7 heteroatoms. The van der Waals surface area contributed by atoms with E-state index in [4.69, 9.17) is 0 Å². The van der Waals surface area contributed by atoms with Crippen LogP contribution in [-0.2, 0) is 19.5 Å². The van der Waals surface area contributed by atoms with E-state index in [2.05, 4.69) is 56.9 Å². The molecule has 0 atom stereocenters. The highest BCUT2D eigenvalue weighted by atomic mass is 32.2. The SMILES string of the molecule is CCc1ccc(C(=O)CSc2nnc(CN3CCCC3)n2Cc2ccccc2)s1. The number of ketones is 1. The molecule has 2 aromatic heterocycles. The van der Waals surface area contributed by atoms with E-state index in [9.17, 15) is 4.79 Å². The van der Waals surface area contributed by atoms with E-state index in [0.717, 1.165) is 48.5 Å². The zero-order valence-corrected chi connectivity index (χ0v) is 18.3. The minimum atomic E-state index is 0.162. The van der Waals surface area contributed by atoms with Gasteiger partial charge in [0.05, 0.1) is 23.7 Å². The Morgan fingerprint density at radius 3 is 2.59 bits per heavy atom. The lowest BCUT2D eigenvalue weighted by Crippen LogP contribution is -2.21. The Kier molecular flexibility index (Phi) is 6.79. The van der Waals surface area contributed by atoms with Gasteiger partial charge in [0.2, 0.25) is 0 Å². The minimum absolute atomic E-state index is 0.162. The van der Waals surface area contributed by atoms with Gasteiger partial charge in [0.15, 0.2) is 10.9 Å². The van der Waals surface area contributed by atoms with Gasteiger partial charge in [-0.2, -0.15) is 0 Å². The zero-order chi connectivity index (χ0) is 20.1. The van der Waals surface area contributed by atoms with Gasteiger partial charge in [0, 0.05) is 4.88 Å². The average Bonchev–Trinajstić information content (AvgIpc) is 3.50. The predicted octanol–water partition coefficient (Wildman–Crippen LogP) is 4.52. The summed E-state index contributed by atoms with van der Waals surface area (Å²) in [6.07, 6.45) is 3.48. The number of hydrogen-bond donors (Lipinski definition) is 0. The van der Waals surface area contributed by atoms with Gasteiger partial charge in [-0.3, -0.25) is 9.69 Å². The van der Waals surface area contributed by atoms with Gasteiger partial charge in [0.25, 0.3) is 0 Å². The second-order valence-electron chi connectivity index (χ2n) is 7.29. The fourth-order valence-electron chi connectivity index (χ4n) is 3.53. The molecule has 3 aromatic rings. The van der Waals surface area contributed by atoms with Crippen molar-refractivity contribution in [1.29, 1.82) is 0 Å². The van der Waals surface area contributed by atoms with Crippen LogP contribution in [0.1, 0.15) is 45.7 Å². The number of thioether (sulfide) groups is 1. The molecule has 1 aromatic carbocycles. The van der Waals surface area contributed by atoms with Gasteiger partial charge in [0.1, 0.15) is 5.82 Å². The Morgan fingerprint density at radius 2 is 1.86 bits per heavy atom. The zero-order valence-electron chi connectivity index (χ0n) is 16.7. The van der Waals surface area contributed by atoms with Crippen LogP contribution in [0.15, 0.2) is 47.6 Å². The van der Waals surface area contributed by atoms with E-state index in [-0.39, 0.29) is 5.78 Å². The molecular formula is C22H26N4OS2. The number of benzene rings is 1. The first kappa shape index (κ1) is 20.3. The number of aromatic nitrogens is 3. The minimum Gasteiger partial charge on any atom is -0.300 e. The maximum Gasteiger partial charge on any atom is 0.192 e. The van der Waals surface area contributed by atoms with Crippen LogP contribution in [0.5, 0.6) is 0 Å². The van der Waals surface area contributed by atoms with Crippen LogP contribution in [0, 0.1) is 0 Å². The molecule has 0 spiro atoms. The van der Waals surface area contributed by atoms with Crippen molar-refractivity contribution in [3.63, 3.8) is 0 Å². The highest BCUT2D eigenvalue weighted by Crippen LogP contribution is 2.24. The molecule has 0 bridgehead atoms. The van der Waals surface area contributed by atoms with Gasteiger partial charge in [-0.1, -0.05) is 49.0 Å². The number of carbonyl (C=O) groups is 1. The molecule has 29 heavy (non-hydrogen) atoms. The quantitative estimate of drug-likeness (QED) is 0.372. The molecule has 0 radical (unpaired) electrons. The largest absolute Gasteiger partial charge is 0.300 e. The second kappa shape index (κ2) is 9.69. The molecule has 1 aliphatic rings. The molecule has 0 unspecified atom stereocenters. The number of thiophene rings is 1. The fraction of sp³-hybridized carbons (Fsp3) is 0.409. The summed E-state index contributed by atoms with van der Waals surface area (Å²) < 4.78 is 2.18. The molecule has 1 aliphatic heterocycles. The molecule has 4 rings (SSSR count). The summed E-state index contributed by atoms with van der Waals surface area (Å²) in [6, 6.07) is 14.4. The Morgan fingerprint density at radius 1 is 1.07 bits per heavy atom. The van der Waals surface area contributed by atoms with E-state index in [1.165, 1.54) is 35.0 Å². The van der Waals surface area contributed by atoms with Crippen LogP contribution in [0.2, 0.25) is 0 Å². The molecule has 0 N–H and O–H groups in total. The third-order valence-corrected chi connectivity index (χ3v) is 7.40. The van der Waals surface area contributed by atoms with Crippen LogP contribution >= 0.6 is 23.1 Å². The number of hydrogen-bond acceptors (Lipinski definition) is 6. The van der Waals surface area contributed by atoms with Gasteiger partial charge in [-0.25, -0.2) is 0 Å². The van der Waals surface area contributed by atoms with E-state index < -0.39 is 0 Å². The van der Waals surface area contributed by atoms with Crippen molar-refractivity contribution in [3.05, 3.63) is 63.6 Å². The van der Waals surface area contributed by atoms with Crippen molar-refractivity contribution in [2.24, 2.45) is 0 Å². The summed E-state index contributed by atoms with van der Waals surface area (Å²) in [6.45, 7) is 5.91. The maximum absolute atomic E-state index is 12.6. The molecule has 3 heterocycles. The average molecular weight is 427 g/mol. The van der Waals surface area contributed by atoms with E-state index in [1.54, 1.807) is 11.3 Å². The molecule has 1 fully saturated rings. The van der Waals surface area contributed by atoms with Gasteiger partial charge in [-0.05, 0) is 50.0 Å². The van der Waals surface area contributed by atoms with Crippen molar-refractivity contribution >= 4 is 28.9 Å². The standard InChI is InChI=1S/C22H26N4OS2/c1-2-18-10-11-20(29-18)19(27)16-28-22-24-23-21(15-25-12-6-7-13-25)26(22)14-17-8-4-3-5-9-17/h3-5,8-11H,2,6-7,12-16H2,1H3. The summed E-state index contributed by atoms with van der Waals surface area (Å²) in [4.78, 5) is 17.1. The molecule has 152 valence electrons. The van der Waals surface area contributed by atoms with E-state index in [0.29, 0.717) is 5.75 Å². The van der Waals surface area contributed by atoms with Crippen molar-refractivity contribution in [1.82, 2.24) is 19.7 Å². The summed E-state index contributed by atoms with van der Waals surface area (Å²) in [5, 5.41) is 9.75. The van der Waals surface area contributed by atoms with Gasteiger partial charge >= 0.3 is 0 Å². The van der Waals surface area contributed by atoms with Crippen LogP contribution < -0.4 is 0 Å². The number of likely N-dealkylation sites (tertiary alicyclic amines) is 1. The number of rotatable bonds is 9. The molecule has 0 saturated carbocycles. The molecule has 1 saturated heterocycles. The van der Waals surface area contributed by atoms with Crippen molar-refractivity contribution in [2.45, 2.75) is 44.4 Å². The summed E-state index contributed by atoms with van der Waals surface area (Å²) in [7, 11) is 0. The van der Waals surface area contributed by atoms with E-state index in [1.807, 2.05) is 12.1 Å². The Bertz CT molecular complexity index is 945. The number of aryl methyl sites for hydroxylation is 1. The van der Waals surface area contributed by atoms with E-state index >= 15 is 0 Å². The number of nitrogens with zero attached hydrogens (tertiary/aromatic N) is 4. The van der Waals surface area contributed by atoms with Crippen LogP contribution in [0.4, 0.5) is 0 Å². The molecule has 0 aliphatic carbocycles. The van der Waals surface area contributed by atoms with Crippen molar-refractivity contribution in [2.75, 3.05) is 18.8 Å². The normalized spacial score (nSPS) is 14.5. The third kappa shape index (κ3) is 5.15. The lowest BCUT2D eigenvalue weighted by Gasteiger charge is -2.16. The highest BCUT2D eigenvalue weighted by molar-refractivity contribution is 7.99. The van der Waals surface area contributed by atoms with Crippen molar-refractivity contribution < 1.29 is 4.79 Å². The molecule has 0 amide bonds. The maximum atomic E-state index is 12.6. The molecule has 5 nitrogen and oxygen atoms in total.